The van der Waals surface area contributed by atoms with Crippen LogP contribution in [0.5, 0.6) is 23.0 Å². The van der Waals surface area contributed by atoms with Gasteiger partial charge in [-0.05, 0) is 89.8 Å². The van der Waals surface area contributed by atoms with Gasteiger partial charge in [-0.25, -0.2) is 0 Å². The quantitative estimate of drug-likeness (QED) is 0.0766. The number of carbonyl (C=O) groups is 2. The molecule has 5 rings (SSSR count). The zero-order valence-electron chi connectivity index (χ0n) is 34.0. The first-order valence-corrected chi connectivity index (χ1v) is 22.1. The molecule has 0 saturated carbocycles. The maximum Gasteiger partial charge on any atom is 0.287 e. The summed E-state index contributed by atoms with van der Waals surface area (Å²) in [6.07, 6.45) is 2.88. The van der Waals surface area contributed by atoms with Gasteiger partial charge in [0.1, 0.15) is 32.9 Å². The standard InChI is InChI=1S/C36H38N2O8S4.2C3H6O/c1-5-19-43-31-25-11-9-13-27(31)49-35-23(37(39)40)16-18-30(34(35)46-22-8-4)48-26-12-10-14-28(32(26)44-20-6-2)50-36-24(38(41)42)15-17-29(47-25)33(36)45-21-7-3;2*1-3(2)4/h9-18H,5-8,19-22H2,1-4H3;2*1-2H3. The van der Waals surface area contributed by atoms with Crippen LogP contribution in [-0.4, -0.2) is 47.8 Å². The molecule has 1 aliphatic heterocycles. The van der Waals surface area contributed by atoms with Crippen molar-refractivity contribution < 1.29 is 38.4 Å². The summed E-state index contributed by atoms with van der Waals surface area (Å²) >= 11 is 5.20. The molecule has 1 aliphatic rings. The number of Topliss-reactive ketones (excluding diaryl/α,β-unsaturated/α-hetero) is 2. The van der Waals surface area contributed by atoms with E-state index in [0.29, 0.717) is 91.6 Å². The second-order valence-corrected chi connectivity index (χ2v) is 17.1. The van der Waals surface area contributed by atoms with Crippen LogP contribution in [0.2, 0.25) is 0 Å². The minimum absolute atomic E-state index is 0.0758. The van der Waals surface area contributed by atoms with Crippen LogP contribution in [0.1, 0.15) is 81.1 Å². The van der Waals surface area contributed by atoms with Crippen molar-refractivity contribution in [3.8, 4) is 23.0 Å². The maximum absolute atomic E-state index is 12.5. The number of hydrogen-bond donors (Lipinski definition) is 0. The molecule has 4 aromatic carbocycles. The third-order valence-corrected chi connectivity index (χ3v) is 11.5. The van der Waals surface area contributed by atoms with Crippen LogP contribution in [-0.2, 0) is 9.59 Å². The molecule has 0 amide bonds. The van der Waals surface area contributed by atoms with E-state index in [1.165, 1.54) is 86.9 Å². The average Bonchev–Trinajstić information content (AvgIpc) is 3.16. The van der Waals surface area contributed by atoms with Crippen LogP contribution < -0.4 is 18.9 Å². The minimum Gasteiger partial charge on any atom is -0.491 e. The fraction of sp³-hybridized carbons (Fsp3) is 0.381. The van der Waals surface area contributed by atoms with Gasteiger partial charge in [-0.1, -0.05) is 86.9 Å². The summed E-state index contributed by atoms with van der Waals surface area (Å²) in [4.78, 5) is 48.0. The van der Waals surface area contributed by atoms with E-state index in [4.69, 9.17) is 18.9 Å². The molecule has 4 aromatic rings. The van der Waals surface area contributed by atoms with Gasteiger partial charge in [0.25, 0.3) is 11.4 Å². The number of benzene rings is 4. The van der Waals surface area contributed by atoms with Gasteiger partial charge in [0, 0.05) is 12.1 Å². The van der Waals surface area contributed by atoms with Gasteiger partial charge >= 0.3 is 0 Å². The number of fused-ring (bicyclic) bond motifs is 8. The van der Waals surface area contributed by atoms with Crippen molar-refractivity contribution in [2.24, 2.45) is 0 Å². The van der Waals surface area contributed by atoms with E-state index in [0.717, 1.165) is 22.6 Å². The zero-order valence-corrected chi connectivity index (χ0v) is 37.3. The molecular weight excluding hydrogens is 821 g/mol. The first-order chi connectivity index (χ1) is 27.8. The number of ether oxygens (including phenoxy) is 4. The topological polar surface area (TPSA) is 157 Å². The maximum atomic E-state index is 12.5. The molecule has 0 aromatic heterocycles. The van der Waals surface area contributed by atoms with Crippen molar-refractivity contribution >= 4 is 70.0 Å². The van der Waals surface area contributed by atoms with Crippen molar-refractivity contribution in [1.29, 1.82) is 0 Å². The van der Waals surface area contributed by atoms with E-state index in [1.54, 1.807) is 12.1 Å². The summed E-state index contributed by atoms with van der Waals surface area (Å²) < 4.78 is 25.4. The zero-order chi connectivity index (χ0) is 42.8. The van der Waals surface area contributed by atoms with Crippen LogP contribution in [0.25, 0.3) is 0 Å². The number of hydrogen-bond acceptors (Lipinski definition) is 14. The number of ketones is 2. The Morgan fingerprint density at radius 1 is 0.466 bits per heavy atom. The lowest BCUT2D eigenvalue weighted by Crippen LogP contribution is -2.04. The number of carbonyl (C=O) groups excluding carboxylic acids is 2. The average molecular weight is 871 g/mol. The summed E-state index contributed by atoms with van der Waals surface area (Å²) in [7, 11) is 0. The van der Waals surface area contributed by atoms with Crippen molar-refractivity contribution in [2.75, 3.05) is 26.4 Å². The summed E-state index contributed by atoms with van der Waals surface area (Å²) in [6.45, 7) is 15.6. The molecule has 1 heterocycles. The van der Waals surface area contributed by atoms with Crippen molar-refractivity contribution in [3.05, 3.63) is 80.9 Å². The fourth-order valence-corrected chi connectivity index (χ4v) is 9.46. The van der Waals surface area contributed by atoms with Crippen LogP contribution >= 0.6 is 47.0 Å². The molecule has 0 N–H and O–H groups in total. The molecule has 0 spiro atoms. The highest BCUT2D eigenvalue weighted by Crippen LogP contribution is 2.56. The number of nitro benzene ring substituents is 2. The highest BCUT2D eigenvalue weighted by molar-refractivity contribution is 8.01. The second kappa shape index (κ2) is 24.5. The second-order valence-electron chi connectivity index (χ2n) is 12.8. The molecule has 0 aliphatic carbocycles. The molecule has 312 valence electrons. The van der Waals surface area contributed by atoms with Gasteiger partial charge in [-0.15, -0.1) is 0 Å². The molecule has 0 unspecified atom stereocenters. The highest BCUT2D eigenvalue weighted by Gasteiger charge is 2.30. The molecule has 58 heavy (non-hydrogen) atoms. The Morgan fingerprint density at radius 3 is 1.00 bits per heavy atom. The van der Waals surface area contributed by atoms with E-state index in [1.807, 2.05) is 64.1 Å². The van der Waals surface area contributed by atoms with Gasteiger partial charge in [-0.3, -0.25) is 20.2 Å². The molecule has 12 nitrogen and oxygen atoms in total. The lowest BCUT2D eigenvalue weighted by atomic mass is 10.3. The summed E-state index contributed by atoms with van der Waals surface area (Å²) in [5.41, 5.74) is -0.152. The molecular formula is C42H50N2O10S4. The minimum atomic E-state index is -0.387. The summed E-state index contributed by atoms with van der Waals surface area (Å²) in [5.74, 6) is 2.25. The number of para-hydroxylation sites is 2. The van der Waals surface area contributed by atoms with E-state index in [9.17, 15) is 29.8 Å². The Bertz CT molecular complexity index is 1910. The first kappa shape index (κ1) is 48.0. The van der Waals surface area contributed by atoms with E-state index in [-0.39, 0.29) is 32.8 Å². The SMILES string of the molecule is CC(C)=O.CC(C)=O.CCCOc1c2cccc1Sc1c([N+](=O)[O-])ccc(c1OCCC)Sc1cccc(c1OCCC)Sc1c([N+](=O)[O-])ccc(c1OCCC)S2. The van der Waals surface area contributed by atoms with Gasteiger partial charge in [0.2, 0.25) is 0 Å². The smallest absolute Gasteiger partial charge is 0.287 e. The van der Waals surface area contributed by atoms with Crippen LogP contribution in [0.3, 0.4) is 0 Å². The van der Waals surface area contributed by atoms with Crippen LogP contribution in [0.15, 0.2) is 99.8 Å². The number of rotatable bonds is 14. The van der Waals surface area contributed by atoms with Crippen LogP contribution in [0.4, 0.5) is 11.4 Å². The van der Waals surface area contributed by atoms with Crippen molar-refractivity contribution in [1.82, 2.24) is 0 Å². The normalized spacial score (nSPS) is 11.4. The Labute approximate surface area is 357 Å². The number of nitro groups is 2. The Balaban J connectivity index is 0.00000103. The molecule has 0 saturated heterocycles. The van der Waals surface area contributed by atoms with Gasteiger partial charge in [-0.2, -0.15) is 0 Å². The summed E-state index contributed by atoms with van der Waals surface area (Å²) in [6, 6.07) is 17.8. The monoisotopic (exact) mass is 870 g/mol. The Hall–Kier alpha value is -4.38. The molecule has 0 atom stereocenters. The fourth-order valence-electron chi connectivity index (χ4n) is 4.86. The van der Waals surface area contributed by atoms with E-state index in [2.05, 4.69) is 0 Å². The van der Waals surface area contributed by atoms with Gasteiger partial charge in [0.15, 0.2) is 11.5 Å². The van der Waals surface area contributed by atoms with Crippen molar-refractivity contribution in [2.45, 2.75) is 120 Å². The highest BCUT2D eigenvalue weighted by atomic mass is 32.2. The lowest BCUT2D eigenvalue weighted by molar-refractivity contribution is -0.388. The van der Waals surface area contributed by atoms with Gasteiger partial charge < -0.3 is 28.5 Å². The lowest BCUT2D eigenvalue weighted by Gasteiger charge is -2.21. The van der Waals surface area contributed by atoms with E-state index >= 15 is 0 Å². The van der Waals surface area contributed by atoms with Crippen molar-refractivity contribution in [3.63, 3.8) is 0 Å². The third kappa shape index (κ3) is 13.9. The Kier molecular flexibility index (Phi) is 20.3. The predicted molar refractivity (Wildman–Crippen MR) is 231 cm³/mol. The van der Waals surface area contributed by atoms with Crippen LogP contribution in [0, 0.1) is 20.2 Å². The Morgan fingerprint density at radius 2 is 0.724 bits per heavy atom. The molecule has 16 heteroatoms. The molecule has 0 radical (unpaired) electrons. The summed E-state index contributed by atoms with van der Waals surface area (Å²) in [5, 5.41) is 25.0. The van der Waals surface area contributed by atoms with Gasteiger partial charge in [0.05, 0.1) is 65.6 Å². The first-order valence-electron chi connectivity index (χ1n) is 18.8. The number of nitrogens with zero attached hydrogens (tertiary/aromatic N) is 2. The molecule has 0 fully saturated rings. The van der Waals surface area contributed by atoms with E-state index < -0.39 is 0 Å². The predicted octanol–water partition coefficient (Wildman–Crippen LogP) is 12.8. The molecule has 8 bridgehead atoms. The third-order valence-electron chi connectivity index (χ3n) is 7.06. The largest absolute Gasteiger partial charge is 0.491 e.